The fourth-order valence-electron chi connectivity index (χ4n) is 0.684. The van der Waals surface area contributed by atoms with Crippen molar-refractivity contribution >= 4 is 10.0 Å². The maximum Gasteiger partial charge on any atom is 0.211 e. The van der Waals surface area contributed by atoms with Crippen molar-refractivity contribution in [2.75, 3.05) is 25.6 Å². The van der Waals surface area contributed by atoms with Crippen LogP contribution in [0.4, 0.5) is 0 Å². The van der Waals surface area contributed by atoms with Crippen LogP contribution in [0.1, 0.15) is 20.8 Å². The molecule has 0 spiro atoms. The molecule has 0 aliphatic heterocycles. The van der Waals surface area contributed by atoms with E-state index in [4.69, 9.17) is 14.6 Å². The number of primary sulfonamides is 1. The minimum Gasteiger partial charge on any atom is -0.378 e. The van der Waals surface area contributed by atoms with Crippen molar-refractivity contribution in [1.82, 2.24) is 0 Å². The Bertz CT molecular complexity index is 243. The lowest BCUT2D eigenvalue weighted by molar-refractivity contribution is -0.0329. The minimum absolute atomic E-state index is 0.117. The van der Waals surface area contributed by atoms with Crippen LogP contribution in [0.25, 0.3) is 0 Å². The molecule has 0 bridgehead atoms. The minimum atomic E-state index is -3.41. The fraction of sp³-hybridized carbons (Fsp3) is 1.00. The Balaban J connectivity index is 3.32. The van der Waals surface area contributed by atoms with Gasteiger partial charge in [0.15, 0.2) is 0 Å². The van der Waals surface area contributed by atoms with E-state index in [2.05, 4.69) is 0 Å². The molecule has 0 aromatic carbocycles. The fourth-order valence-corrected chi connectivity index (χ4v) is 1.03. The number of sulfonamides is 1. The first-order chi connectivity index (χ1) is 6.21. The van der Waals surface area contributed by atoms with E-state index >= 15 is 0 Å². The molecule has 0 heterocycles. The third-order valence-electron chi connectivity index (χ3n) is 1.27. The van der Waals surface area contributed by atoms with Gasteiger partial charge in [0.25, 0.3) is 0 Å². The quantitative estimate of drug-likeness (QED) is 0.651. The number of rotatable bonds is 6. The summed E-state index contributed by atoms with van der Waals surface area (Å²) >= 11 is 0. The number of hydrogen-bond acceptors (Lipinski definition) is 4. The summed E-state index contributed by atoms with van der Waals surface area (Å²) < 4.78 is 31.4. The van der Waals surface area contributed by atoms with Crippen molar-refractivity contribution in [3.63, 3.8) is 0 Å². The molecule has 0 rings (SSSR count). The Hall–Kier alpha value is -0.170. The average molecular weight is 225 g/mol. The Morgan fingerprint density at radius 3 is 2.14 bits per heavy atom. The molecular formula is C8H19NO4S. The van der Waals surface area contributed by atoms with Crippen molar-refractivity contribution in [1.29, 1.82) is 0 Å². The van der Waals surface area contributed by atoms with Gasteiger partial charge in [0.1, 0.15) is 0 Å². The Morgan fingerprint density at radius 1 is 1.14 bits per heavy atom. The number of nitrogens with two attached hydrogens (primary N) is 1. The third kappa shape index (κ3) is 11.8. The molecule has 86 valence electrons. The maximum atomic E-state index is 10.5. The Morgan fingerprint density at radius 2 is 1.71 bits per heavy atom. The SMILES string of the molecule is CC(C)(C)OCCOCCS(N)(=O)=O. The monoisotopic (exact) mass is 225 g/mol. The van der Waals surface area contributed by atoms with Crippen LogP contribution in [-0.4, -0.2) is 39.6 Å². The van der Waals surface area contributed by atoms with Gasteiger partial charge >= 0.3 is 0 Å². The van der Waals surface area contributed by atoms with Crippen LogP contribution in [0.15, 0.2) is 0 Å². The molecule has 6 heteroatoms. The second-order valence-electron chi connectivity index (χ2n) is 3.94. The summed E-state index contributed by atoms with van der Waals surface area (Å²) in [7, 11) is -3.41. The predicted molar refractivity (Wildman–Crippen MR) is 54.5 cm³/mol. The van der Waals surface area contributed by atoms with E-state index in [-0.39, 0.29) is 18.0 Å². The van der Waals surface area contributed by atoms with Crippen LogP contribution in [0.5, 0.6) is 0 Å². The lowest BCUT2D eigenvalue weighted by atomic mass is 10.2. The van der Waals surface area contributed by atoms with Crippen LogP contribution in [-0.2, 0) is 19.5 Å². The van der Waals surface area contributed by atoms with Gasteiger partial charge in [-0.3, -0.25) is 0 Å². The summed E-state index contributed by atoms with van der Waals surface area (Å²) in [5.74, 6) is -0.150. The smallest absolute Gasteiger partial charge is 0.211 e. The Kier molecular flexibility index (Phi) is 5.58. The summed E-state index contributed by atoms with van der Waals surface area (Å²) in [6.07, 6.45) is 0. The first-order valence-corrected chi connectivity index (χ1v) is 6.14. The van der Waals surface area contributed by atoms with E-state index in [1.165, 1.54) is 0 Å². The van der Waals surface area contributed by atoms with E-state index < -0.39 is 10.0 Å². The van der Waals surface area contributed by atoms with Gasteiger partial charge in [0.2, 0.25) is 10.0 Å². The summed E-state index contributed by atoms with van der Waals surface area (Å²) in [4.78, 5) is 0. The highest BCUT2D eigenvalue weighted by atomic mass is 32.2. The summed E-state index contributed by atoms with van der Waals surface area (Å²) in [6.45, 7) is 6.78. The Labute approximate surface area is 85.6 Å². The van der Waals surface area contributed by atoms with Crippen LogP contribution < -0.4 is 5.14 Å². The topological polar surface area (TPSA) is 78.6 Å². The summed E-state index contributed by atoms with van der Waals surface area (Å²) in [6, 6.07) is 0. The highest BCUT2D eigenvalue weighted by Gasteiger charge is 2.09. The first-order valence-electron chi connectivity index (χ1n) is 4.43. The molecule has 14 heavy (non-hydrogen) atoms. The van der Waals surface area contributed by atoms with Crippen molar-refractivity contribution in [2.45, 2.75) is 26.4 Å². The van der Waals surface area contributed by atoms with E-state index in [9.17, 15) is 8.42 Å². The lowest BCUT2D eigenvalue weighted by Gasteiger charge is -2.19. The zero-order valence-electron chi connectivity index (χ0n) is 8.95. The molecule has 5 nitrogen and oxygen atoms in total. The van der Waals surface area contributed by atoms with E-state index in [1.807, 2.05) is 20.8 Å². The van der Waals surface area contributed by atoms with Crippen molar-refractivity contribution in [3.05, 3.63) is 0 Å². The van der Waals surface area contributed by atoms with Gasteiger partial charge in [0, 0.05) is 0 Å². The van der Waals surface area contributed by atoms with E-state index in [0.717, 1.165) is 0 Å². The molecule has 0 saturated heterocycles. The van der Waals surface area contributed by atoms with Crippen molar-refractivity contribution in [2.24, 2.45) is 5.14 Å². The third-order valence-corrected chi connectivity index (χ3v) is 2.01. The number of ether oxygens (including phenoxy) is 2. The molecule has 0 unspecified atom stereocenters. The molecule has 0 radical (unpaired) electrons. The molecule has 0 aliphatic carbocycles. The van der Waals surface area contributed by atoms with Gasteiger partial charge in [-0.05, 0) is 20.8 Å². The summed E-state index contributed by atoms with van der Waals surface area (Å²) in [5, 5.41) is 4.78. The van der Waals surface area contributed by atoms with E-state index in [0.29, 0.717) is 13.2 Å². The second kappa shape index (κ2) is 5.65. The molecule has 0 aromatic heterocycles. The highest BCUT2D eigenvalue weighted by molar-refractivity contribution is 7.89. The molecule has 0 fully saturated rings. The summed E-state index contributed by atoms with van der Waals surface area (Å²) in [5.41, 5.74) is -0.191. The maximum absolute atomic E-state index is 10.5. The predicted octanol–water partition coefficient (Wildman–Crippen LogP) is 0.107. The van der Waals surface area contributed by atoms with E-state index in [1.54, 1.807) is 0 Å². The normalized spacial score (nSPS) is 13.1. The number of hydrogen-bond donors (Lipinski definition) is 1. The molecule has 0 atom stereocenters. The van der Waals surface area contributed by atoms with Gasteiger partial charge < -0.3 is 9.47 Å². The van der Waals surface area contributed by atoms with Crippen LogP contribution >= 0.6 is 0 Å². The van der Waals surface area contributed by atoms with Crippen LogP contribution in [0, 0.1) is 0 Å². The zero-order valence-corrected chi connectivity index (χ0v) is 9.76. The standard InChI is InChI=1S/C8H19NO4S/c1-8(2,3)13-5-4-12-6-7-14(9,10)11/h4-7H2,1-3H3,(H2,9,10,11). The molecule has 0 saturated carbocycles. The average Bonchev–Trinajstić information content (AvgIpc) is 1.92. The van der Waals surface area contributed by atoms with Crippen molar-refractivity contribution < 1.29 is 17.9 Å². The zero-order chi connectivity index (χ0) is 11.2. The highest BCUT2D eigenvalue weighted by Crippen LogP contribution is 2.05. The van der Waals surface area contributed by atoms with Gasteiger partial charge in [-0.15, -0.1) is 0 Å². The molecule has 2 N–H and O–H groups in total. The van der Waals surface area contributed by atoms with Crippen LogP contribution in [0.2, 0.25) is 0 Å². The van der Waals surface area contributed by atoms with Crippen LogP contribution in [0.3, 0.4) is 0 Å². The molecule has 0 aliphatic rings. The molecule has 0 aromatic rings. The lowest BCUT2D eigenvalue weighted by Crippen LogP contribution is -2.24. The molecule has 0 amide bonds. The second-order valence-corrected chi connectivity index (χ2v) is 5.67. The van der Waals surface area contributed by atoms with Crippen molar-refractivity contribution in [3.8, 4) is 0 Å². The largest absolute Gasteiger partial charge is 0.378 e. The van der Waals surface area contributed by atoms with Gasteiger partial charge in [-0.2, -0.15) is 0 Å². The van der Waals surface area contributed by atoms with Gasteiger partial charge in [-0.1, -0.05) is 0 Å². The molecular weight excluding hydrogens is 206 g/mol. The van der Waals surface area contributed by atoms with Gasteiger partial charge in [-0.25, -0.2) is 13.6 Å². The van der Waals surface area contributed by atoms with Gasteiger partial charge in [0.05, 0.1) is 31.2 Å². The first kappa shape index (κ1) is 13.8.